The number of nitrogens with one attached hydrogen (secondary N) is 1. The monoisotopic (exact) mass is 689 g/mol. The van der Waals surface area contributed by atoms with E-state index in [0.29, 0.717) is 34.5 Å². The number of nitrogens with zero attached hydrogens (tertiary/aromatic N) is 2. The maximum Gasteiger partial charge on any atom is 0.260 e. The van der Waals surface area contributed by atoms with Gasteiger partial charge in [-0.05, 0) is 73.1 Å². The van der Waals surface area contributed by atoms with Crippen molar-refractivity contribution >= 4 is 41.1 Å². The summed E-state index contributed by atoms with van der Waals surface area (Å²) in [5.74, 6) is -5.09. The van der Waals surface area contributed by atoms with E-state index in [1.54, 1.807) is 24.3 Å². The number of phenolic OH excluding ortho intramolecular Hbond substituents is 1. The summed E-state index contributed by atoms with van der Waals surface area (Å²) >= 11 is 0. The van der Waals surface area contributed by atoms with Crippen LogP contribution in [-0.2, 0) is 31.0 Å². The molecule has 0 spiro atoms. The Balaban J connectivity index is 1.33. The number of aromatic hydroxyl groups is 1. The molecule has 1 saturated carbocycles. The van der Waals surface area contributed by atoms with Crippen molar-refractivity contribution in [3.63, 3.8) is 0 Å². The third-order valence-electron chi connectivity index (χ3n) is 11.6. The molecule has 0 aromatic heterocycles. The summed E-state index contributed by atoms with van der Waals surface area (Å²) in [6.07, 6.45) is 6.26. The van der Waals surface area contributed by atoms with E-state index >= 15 is 4.79 Å². The standard InChI is InChI=1S/C44H39N3O5/c1-4-10-28-11-9-14-34(39(28)48)38-32-23-24-33-37(42(51)46(40(33)49)31-21-17-27(5-2)18-22-31)35(32)25-36-41(50)47(45-30-19-15-26(3)16-20-30)43(52)44(36,38)29-12-7-6-8-13-29/h4-9,11-23,33,35-38,45,48H,1-2,10,24-25H2,3H3/t33-,35+,36-,37-,38+,44+/m0/s1. The Morgan fingerprint density at radius 3 is 2.27 bits per heavy atom. The summed E-state index contributed by atoms with van der Waals surface area (Å²) in [7, 11) is 0. The number of hydrogen-bond donors (Lipinski definition) is 2. The first-order chi connectivity index (χ1) is 25.2. The summed E-state index contributed by atoms with van der Waals surface area (Å²) in [5, 5.41) is 13.1. The number of allylic oxidation sites excluding steroid dienone is 3. The zero-order valence-corrected chi connectivity index (χ0v) is 28.9. The van der Waals surface area contributed by atoms with Gasteiger partial charge in [0.1, 0.15) is 5.75 Å². The van der Waals surface area contributed by atoms with Gasteiger partial charge in [-0.2, -0.15) is 5.01 Å². The van der Waals surface area contributed by atoms with Crippen LogP contribution in [0, 0.1) is 30.6 Å². The fraction of sp³-hybridized carbons (Fsp3) is 0.227. The highest BCUT2D eigenvalue weighted by Crippen LogP contribution is 2.65. The molecule has 2 heterocycles. The molecule has 3 fully saturated rings. The molecule has 2 aliphatic heterocycles. The SMILES string of the molecule is C=CCc1cccc([C@H]2C3=CC[C@@H]4C(=O)N(c5ccc(C=C)cc5)C(=O)[C@@H]4[C@@H]3C[C@H]3C(=O)N(Nc4ccc(C)cc4)C(=O)[C@@]23c2ccccc2)c1O. The molecule has 0 radical (unpaired) electrons. The number of imide groups is 2. The second-order valence-electron chi connectivity index (χ2n) is 14.2. The maximum absolute atomic E-state index is 15.3. The van der Waals surface area contributed by atoms with Crippen LogP contribution in [0.25, 0.3) is 6.08 Å². The molecule has 2 aliphatic carbocycles. The number of benzene rings is 4. The number of hydrogen-bond acceptors (Lipinski definition) is 6. The van der Waals surface area contributed by atoms with Gasteiger partial charge >= 0.3 is 0 Å². The Labute approximate surface area is 302 Å². The summed E-state index contributed by atoms with van der Waals surface area (Å²) in [6.45, 7) is 9.64. The molecule has 4 amide bonds. The lowest BCUT2D eigenvalue weighted by molar-refractivity contribution is -0.138. The zero-order chi connectivity index (χ0) is 36.3. The first-order valence-corrected chi connectivity index (χ1v) is 17.7. The number of phenols is 1. The molecule has 260 valence electrons. The van der Waals surface area contributed by atoms with Crippen LogP contribution in [0.4, 0.5) is 11.4 Å². The highest BCUT2D eigenvalue weighted by molar-refractivity contribution is 6.22. The Hall–Kier alpha value is -6.02. The predicted molar refractivity (Wildman–Crippen MR) is 200 cm³/mol. The second kappa shape index (κ2) is 12.6. The predicted octanol–water partition coefficient (Wildman–Crippen LogP) is 7.26. The number of anilines is 2. The van der Waals surface area contributed by atoms with Gasteiger partial charge in [0.15, 0.2) is 0 Å². The molecule has 0 bridgehead atoms. The minimum Gasteiger partial charge on any atom is -0.507 e. The van der Waals surface area contributed by atoms with Crippen molar-refractivity contribution in [2.75, 3.05) is 10.3 Å². The van der Waals surface area contributed by atoms with Gasteiger partial charge in [0.2, 0.25) is 11.8 Å². The number of fused-ring (bicyclic) bond motifs is 4. The lowest BCUT2D eigenvalue weighted by Crippen LogP contribution is -2.53. The van der Waals surface area contributed by atoms with Crippen molar-refractivity contribution in [3.8, 4) is 5.75 Å². The third-order valence-corrected chi connectivity index (χ3v) is 11.6. The quantitative estimate of drug-likeness (QED) is 0.149. The molecule has 8 rings (SSSR count). The average molecular weight is 690 g/mol. The van der Waals surface area contributed by atoms with Gasteiger partial charge in [-0.25, -0.2) is 0 Å². The molecule has 4 aliphatic rings. The van der Waals surface area contributed by atoms with Crippen molar-refractivity contribution in [2.24, 2.45) is 23.7 Å². The number of amides is 4. The Kier molecular flexibility index (Phi) is 8.05. The highest BCUT2D eigenvalue weighted by Gasteiger charge is 2.70. The van der Waals surface area contributed by atoms with Gasteiger partial charge < -0.3 is 5.11 Å². The first-order valence-electron chi connectivity index (χ1n) is 17.7. The lowest BCUT2D eigenvalue weighted by Gasteiger charge is -2.50. The van der Waals surface area contributed by atoms with Crippen LogP contribution in [-0.4, -0.2) is 33.7 Å². The van der Waals surface area contributed by atoms with Crippen molar-refractivity contribution < 1.29 is 24.3 Å². The maximum atomic E-state index is 15.3. The van der Waals surface area contributed by atoms with Crippen LogP contribution in [0.15, 0.2) is 128 Å². The van der Waals surface area contributed by atoms with Crippen LogP contribution < -0.4 is 10.3 Å². The van der Waals surface area contributed by atoms with Gasteiger partial charge in [-0.15, -0.1) is 6.58 Å². The Morgan fingerprint density at radius 2 is 1.58 bits per heavy atom. The molecule has 4 aromatic carbocycles. The minimum atomic E-state index is -1.47. The van der Waals surface area contributed by atoms with Gasteiger partial charge in [0, 0.05) is 11.5 Å². The van der Waals surface area contributed by atoms with E-state index < -0.39 is 46.8 Å². The van der Waals surface area contributed by atoms with E-state index in [-0.39, 0.29) is 30.4 Å². The van der Waals surface area contributed by atoms with Crippen molar-refractivity contribution in [1.82, 2.24) is 5.01 Å². The van der Waals surface area contributed by atoms with E-state index in [9.17, 15) is 19.5 Å². The summed E-state index contributed by atoms with van der Waals surface area (Å²) in [5.41, 5.74) is 7.17. The summed E-state index contributed by atoms with van der Waals surface area (Å²) in [6, 6.07) is 29.4. The van der Waals surface area contributed by atoms with Gasteiger partial charge in [0.05, 0.1) is 34.5 Å². The third kappa shape index (κ3) is 4.81. The van der Waals surface area contributed by atoms with Crippen LogP contribution in [0.3, 0.4) is 0 Å². The smallest absolute Gasteiger partial charge is 0.260 e. The lowest BCUT2D eigenvalue weighted by atomic mass is 9.49. The molecular weight excluding hydrogens is 651 g/mol. The molecule has 8 heteroatoms. The van der Waals surface area contributed by atoms with Crippen molar-refractivity contribution in [1.29, 1.82) is 0 Å². The molecule has 0 unspecified atom stereocenters. The van der Waals surface area contributed by atoms with E-state index in [1.165, 1.54) is 4.90 Å². The number of aryl methyl sites for hydroxylation is 1. The largest absolute Gasteiger partial charge is 0.507 e. The number of carbonyl (C=O) groups is 4. The molecule has 8 nitrogen and oxygen atoms in total. The van der Waals surface area contributed by atoms with Gasteiger partial charge in [-0.1, -0.05) is 109 Å². The zero-order valence-electron chi connectivity index (χ0n) is 28.9. The normalized spacial score (nSPS) is 26.4. The summed E-state index contributed by atoms with van der Waals surface area (Å²) in [4.78, 5) is 60.1. The summed E-state index contributed by atoms with van der Waals surface area (Å²) < 4.78 is 0. The van der Waals surface area contributed by atoms with E-state index in [2.05, 4.69) is 18.6 Å². The first kappa shape index (κ1) is 33.1. The molecule has 52 heavy (non-hydrogen) atoms. The molecule has 4 aromatic rings. The molecule has 2 saturated heterocycles. The number of carbonyl (C=O) groups excluding carboxylic acids is 4. The fourth-order valence-electron chi connectivity index (χ4n) is 9.27. The number of para-hydroxylation sites is 1. The van der Waals surface area contributed by atoms with Crippen molar-refractivity contribution in [3.05, 3.63) is 156 Å². The molecule has 6 atom stereocenters. The Bertz CT molecular complexity index is 2170. The average Bonchev–Trinajstić information content (AvgIpc) is 3.54. The van der Waals surface area contributed by atoms with Crippen molar-refractivity contribution in [2.45, 2.75) is 37.5 Å². The molecule has 2 N–H and O–H groups in total. The van der Waals surface area contributed by atoms with Gasteiger partial charge in [0.25, 0.3) is 11.8 Å². The number of hydrazine groups is 1. The second-order valence-corrected chi connectivity index (χ2v) is 14.2. The Morgan fingerprint density at radius 1 is 0.846 bits per heavy atom. The minimum absolute atomic E-state index is 0.0214. The van der Waals surface area contributed by atoms with E-state index in [0.717, 1.165) is 21.7 Å². The van der Waals surface area contributed by atoms with E-state index in [1.807, 2.05) is 97.9 Å². The van der Waals surface area contributed by atoms with Crippen LogP contribution >= 0.6 is 0 Å². The highest BCUT2D eigenvalue weighted by atomic mass is 16.3. The molecular formula is C44H39N3O5. The van der Waals surface area contributed by atoms with Gasteiger partial charge in [-0.3, -0.25) is 29.5 Å². The van der Waals surface area contributed by atoms with E-state index in [4.69, 9.17) is 0 Å². The number of rotatable bonds is 8. The fourth-order valence-corrected chi connectivity index (χ4v) is 9.27. The van der Waals surface area contributed by atoms with Crippen LogP contribution in [0.1, 0.15) is 46.6 Å². The van der Waals surface area contributed by atoms with Crippen LogP contribution in [0.5, 0.6) is 5.75 Å². The topological polar surface area (TPSA) is 107 Å². The van der Waals surface area contributed by atoms with Crippen LogP contribution in [0.2, 0.25) is 0 Å².